The third-order valence-corrected chi connectivity index (χ3v) is 1.91. The molecule has 0 saturated carbocycles. The molecule has 1 aromatic rings. The summed E-state index contributed by atoms with van der Waals surface area (Å²) in [6.45, 7) is 1.65. The van der Waals surface area contributed by atoms with Crippen molar-refractivity contribution in [2.75, 3.05) is 20.1 Å². The highest BCUT2D eigenvalue weighted by Crippen LogP contribution is 1.93. The summed E-state index contributed by atoms with van der Waals surface area (Å²) in [6, 6.07) is 0. The zero-order valence-electron chi connectivity index (χ0n) is 8.26. The Morgan fingerprint density at radius 2 is 2.43 bits per heavy atom. The highest BCUT2D eigenvalue weighted by molar-refractivity contribution is 5.75. The van der Waals surface area contributed by atoms with Crippen molar-refractivity contribution in [3.63, 3.8) is 0 Å². The maximum absolute atomic E-state index is 11.4. The fraction of sp³-hybridized carbons (Fsp3) is 0.625. The number of likely N-dealkylation sites (N-methyl/N-ethyl adjacent to an activating group) is 1. The fourth-order valence-electron chi connectivity index (χ4n) is 1.07. The van der Waals surface area contributed by atoms with Crippen LogP contribution in [0.2, 0.25) is 0 Å². The summed E-state index contributed by atoms with van der Waals surface area (Å²) in [6.07, 6.45) is 3.48. The molecule has 0 bridgehead atoms. The van der Waals surface area contributed by atoms with Crippen molar-refractivity contribution in [3.05, 3.63) is 12.7 Å². The van der Waals surface area contributed by atoms with Gasteiger partial charge in [-0.05, 0) is 0 Å². The van der Waals surface area contributed by atoms with Gasteiger partial charge in [-0.25, -0.2) is 4.98 Å². The van der Waals surface area contributed by atoms with Crippen molar-refractivity contribution in [3.8, 4) is 0 Å². The SMILES string of the molecule is CN(CCN)C(=O)CCn1cncn1. The highest BCUT2D eigenvalue weighted by Gasteiger charge is 2.07. The first-order valence-corrected chi connectivity index (χ1v) is 4.50. The van der Waals surface area contributed by atoms with E-state index in [0.29, 0.717) is 26.1 Å². The maximum atomic E-state index is 11.4. The summed E-state index contributed by atoms with van der Waals surface area (Å²) >= 11 is 0. The summed E-state index contributed by atoms with van der Waals surface area (Å²) in [4.78, 5) is 16.8. The van der Waals surface area contributed by atoms with Crippen molar-refractivity contribution >= 4 is 5.91 Å². The molecule has 0 aromatic carbocycles. The molecule has 0 radical (unpaired) electrons. The van der Waals surface area contributed by atoms with Crippen molar-refractivity contribution in [2.45, 2.75) is 13.0 Å². The van der Waals surface area contributed by atoms with Crippen LogP contribution in [0.3, 0.4) is 0 Å². The largest absolute Gasteiger partial charge is 0.344 e. The van der Waals surface area contributed by atoms with Gasteiger partial charge in [0.25, 0.3) is 0 Å². The Kier molecular flexibility index (Phi) is 4.06. The lowest BCUT2D eigenvalue weighted by atomic mass is 10.3. The Morgan fingerprint density at radius 3 is 3.00 bits per heavy atom. The van der Waals surface area contributed by atoms with E-state index in [1.165, 1.54) is 6.33 Å². The number of aromatic nitrogens is 3. The molecule has 0 aliphatic heterocycles. The maximum Gasteiger partial charge on any atom is 0.224 e. The molecule has 1 amide bonds. The lowest BCUT2D eigenvalue weighted by molar-refractivity contribution is -0.130. The molecule has 0 spiro atoms. The van der Waals surface area contributed by atoms with E-state index in [1.54, 1.807) is 23.0 Å². The number of nitrogens with zero attached hydrogens (tertiary/aromatic N) is 4. The van der Waals surface area contributed by atoms with E-state index >= 15 is 0 Å². The number of amides is 1. The van der Waals surface area contributed by atoms with Gasteiger partial charge >= 0.3 is 0 Å². The minimum atomic E-state index is 0.0750. The average Bonchev–Trinajstić information content (AvgIpc) is 2.67. The summed E-state index contributed by atoms with van der Waals surface area (Å²) in [7, 11) is 1.75. The third kappa shape index (κ3) is 3.14. The number of carbonyl (C=O) groups is 1. The first-order valence-electron chi connectivity index (χ1n) is 4.50. The van der Waals surface area contributed by atoms with Crippen molar-refractivity contribution in [2.24, 2.45) is 5.73 Å². The topological polar surface area (TPSA) is 77.0 Å². The number of hydrogen-bond donors (Lipinski definition) is 1. The average molecular weight is 197 g/mol. The standard InChI is InChI=1S/C8H15N5O/c1-12(5-3-9)8(14)2-4-13-7-10-6-11-13/h6-7H,2-5,9H2,1H3. The zero-order chi connectivity index (χ0) is 10.4. The highest BCUT2D eigenvalue weighted by atomic mass is 16.2. The van der Waals surface area contributed by atoms with Gasteiger partial charge in [-0.1, -0.05) is 0 Å². The second-order valence-corrected chi connectivity index (χ2v) is 3.01. The van der Waals surface area contributed by atoms with Crippen LogP contribution in [0, 0.1) is 0 Å². The Labute approximate surface area is 82.7 Å². The van der Waals surface area contributed by atoms with E-state index in [0.717, 1.165) is 0 Å². The normalized spacial score (nSPS) is 10.1. The predicted octanol–water partition coefficient (Wildman–Crippen LogP) is -0.915. The summed E-state index contributed by atoms with van der Waals surface area (Å²) in [5, 5.41) is 3.90. The van der Waals surface area contributed by atoms with E-state index in [1.807, 2.05) is 0 Å². The minimum absolute atomic E-state index is 0.0750. The molecule has 0 unspecified atom stereocenters. The predicted molar refractivity (Wildman–Crippen MR) is 51.3 cm³/mol. The second-order valence-electron chi connectivity index (χ2n) is 3.01. The first kappa shape index (κ1) is 10.6. The second kappa shape index (κ2) is 5.33. The quantitative estimate of drug-likeness (QED) is 0.662. The van der Waals surface area contributed by atoms with E-state index in [4.69, 9.17) is 5.73 Å². The molecule has 1 rings (SSSR count). The summed E-state index contributed by atoms with van der Waals surface area (Å²) in [5.74, 6) is 0.0750. The van der Waals surface area contributed by atoms with E-state index in [2.05, 4.69) is 10.1 Å². The monoisotopic (exact) mass is 197 g/mol. The zero-order valence-corrected chi connectivity index (χ0v) is 8.26. The van der Waals surface area contributed by atoms with Crippen LogP contribution in [-0.4, -0.2) is 45.7 Å². The number of aryl methyl sites for hydroxylation is 1. The number of nitrogens with two attached hydrogens (primary N) is 1. The van der Waals surface area contributed by atoms with Crippen LogP contribution in [-0.2, 0) is 11.3 Å². The molecule has 0 aliphatic rings. The molecule has 0 atom stereocenters. The van der Waals surface area contributed by atoms with E-state index in [9.17, 15) is 4.79 Å². The van der Waals surface area contributed by atoms with Gasteiger partial charge in [0, 0.05) is 26.6 Å². The molecule has 1 aromatic heterocycles. The molecule has 0 aliphatic carbocycles. The molecule has 0 saturated heterocycles. The van der Waals surface area contributed by atoms with Gasteiger partial charge in [-0.2, -0.15) is 5.10 Å². The van der Waals surface area contributed by atoms with E-state index in [-0.39, 0.29) is 5.91 Å². The van der Waals surface area contributed by atoms with Crippen LogP contribution < -0.4 is 5.73 Å². The Bertz CT molecular complexity index is 271. The Hall–Kier alpha value is -1.43. The van der Waals surface area contributed by atoms with Gasteiger partial charge in [0.05, 0.1) is 6.54 Å². The van der Waals surface area contributed by atoms with Crippen LogP contribution in [0.25, 0.3) is 0 Å². The fourth-order valence-corrected chi connectivity index (χ4v) is 1.07. The molecule has 78 valence electrons. The van der Waals surface area contributed by atoms with Crippen molar-refractivity contribution in [1.82, 2.24) is 19.7 Å². The van der Waals surface area contributed by atoms with Crippen LogP contribution in [0.1, 0.15) is 6.42 Å². The van der Waals surface area contributed by atoms with Gasteiger partial charge in [-0.3, -0.25) is 9.48 Å². The van der Waals surface area contributed by atoms with Gasteiger partial charge < -0.3 is 10.6 Å². The van der Waals surface area contributed by atoms with Crippen LogP contribution in [0.5, 0.6) is 0 Å². The third-order valence-electron chi connectivity index (χ3n) is 1.91. The molecular weight excluding hydrogens is 182 g/mol. The molecule has 14 heavy (non-hydrogen) atoms. The molecular formula is C8H15N5O. The molecule has 6 nitrogen and oxygen atoms in total. The van der Waals surface area contributed by atoms with Crippen molar-refractivity contribution < 1.29 is 4.79 Å². The van der Waals surface area contributed by atoms with Crippen LogP contribution >= 0.6 is 0 Å². The van der Waals surface area contributed by atoms with Crippen LogP contribution in [0.15, 0.2) is 12.7 Å². The lowest BCUT2D eigenvalue weighted by Crippen LogP contribution is -2.32. The minimum Gasteiger partial charge on any atom is -0.344 e. The Balaban J connectivity index is 2.27. The van der Waals surface area contributed by atoms with Gasteiger partial charge in [0.2, 0.25) is 5.91 Å². The summed E-state index contributed by atoms with van der Waals surface area (Å²) < 4.78 is 1.63. The molecule has 6 heteroatoms. The molecule has 2 N–H and O–H groups in total. The number of carbonyl (C=O) groups excluding carboxylic acids is 1. The van der Waals surface area contributed by atoms with E-state index < -0.39 is 0 Å². The van der Waals surface area contributed by atoms with Crippen LogP contribution in [0.4, 0.5) is 0 Å². The van der Waals surface area contributed by atoms with Gasteiger partial charge in [0.1, 0.15) is 12.7 Å². The first-order chi connectivity index (χ1) is 6.74. The van der Waals surface area contributed by atoms with Gasteiger partial charge in [0.15, 0.2) is 0 Å². The molecule has 0 fully saturated rings. The lowest BCUT2D eigenvalue weighted by Gasteiger charge is -2.15. The summed E-state index contributed by atoms with van der Waals surface area (Å²) in [5.41, 5.74) is 5.34. The number of rotatable bonds is 5. The Morgan fingerprint density at radius 1 is 1.64 bits per heavy atom. The number of hydrogen-bond acceptors (Lipinski definition) is 4. The van der Waals surface area contributed by atoms with Gasteiger partial charge in [-0.15, -0.1) is 0 Å². The van der Waals surface area contributed by atoms with Crippen molar-refractivity contribution in [1.29, 1.82) is 0 Å². The molecule has 1 heterocycles. The smallest absolute Gasteiger partial charge is 0.224 e.